The second-order valence-corrected chi connectivity index (χ2v) is 9.16. The molecule has 0 unspecified atom stereocenters. The molecule has 3 aromatic carbocycles. The molecule has 1 N–H and O–H groups in total. The van der Waals surface area contributed by atoms with Gasteiger partial charge in [0.2, 0.25) is 0 Å². The zero-order valence-corrected chi connectivity index (χ0v) is 17.3. The molecule has 0 fully saturated rings. The molecule has 0 saturated carbocycles. The van der Waals surface area contributed by atoms with Crippen LogP contribution in [-0.4, -0.2) is 20.0 Å². The van der Waals surface area contributed by atoms with Crippen molar-refractivity contribution in [3.63, 3.8) is 0 Å². The van der Waals surface area contributed by atoms with Gasteiger partial charge in [-0.05, 0) is 23.6 Å². The lowest BCUT2D eigenvalue weighted by atomic mass is 9.77. The first-order valence-electron chi connectivity index (χ1n) is 9.22. The number of rotatable bonds is 8. The van der Waals surface area contributed by atoms with Gasteiger partial charge in [-0.3, -0.25) is 9.88 Å². The molecule has 1 atom stereocenters. The van der Waals surface area contributed by atoms with Gasteiger partial charge in [-0.15, -0.1) is 0 Å². The van der Waals surface area contributed by atoms with Gasteiger partial charge in [0.1, 0.15) is 5.78 Å². The number of hydrogen-bond donors (Lipinski definition) is 1. The smallest absolute Gasteiger partial charge is 0.311 e. The molecule has 4 nitrogen and oxygen atoms in total. The normalized spacial score (nSPS) is 13.2. The van der Waals surface area contributed by atoms with Crippen LogP contribution in [0.1, 0.15) is 23.6 Å². The van der Waals surface area contributed by atoms with Crippen LogP contribution in [0.15, 0.2) is 91.0 Å². The molecule has 5 heteroatoms. The summed E-state index contributed by atoms with van der Waals surface area (Å²) >= 11 is 0. The standard InChI is InChI=1S/C23H26NO3P/c1-19(28(25,26-2)27-3)24-23(20-13-7-4-8-14-20,21-15-9-5-10-16-21)22-17-11-6-12-18-22/h4-19,24H,1-3H3/t19-/m0/s1. The Hall–Kier alpha value is -2.23. The van der Waals surface area contributed by atoms with Crippen molar-refractivity contribution in [1.29, 1.82) is 0 Å². The van der Waals surface area contributed by atoms with Gasteiger partial charge >= 0.3 is 7.60 Å². The van der Waals surface area contributed by atoms with Crippen LogP contribution in [0.5, 0.6) is 0 Å². The predicted molar refractivity (Wildman–Crippen MR) is 113 cm³/mol. The summed E-state index contributed by atoms with van der Waals surface area (Å²) in [6.45, 7) is 1.83. The highest BCUT2D eigenvalue weighted by Crippen LogP contribution is 2.52. The van der Waals surface area contributed by atoms with E-state index in [1.54, 1.807) is 0 Å². The molecule has 0 amide bonds. The Morgan fingerprint density at radius 3 is 1.32 bits per heavy atom. The summed E-state index contributed by atoms with van der Waals surface area (Å²) < 4.78 is 23.7. The van der Waals surface area contributed by atoms with Crippen molar-refractivity contribution < 1.29 is 13.6 Å². The van der Waals surface area contributed by atoms with Crippen molar-refractivity contribution in [3.8, 4) is 0 Å². The fourth-order valence-electron chi connectivity index (χ4n) is 3.60. The maximum Gasteiger partial charge on any atom is 0.346 e. The van der Waals surface area contributed by atoms with Gasteiger partial charge in [0, 0.05) is 14.2 Å². The molecule has 0 aliphatic heterocycles. The first-order chi connectivity index (χ1) is 13.6. The molecular formula is C23H26NO3P. The van der Waals surface area contributed by atoms with E-state index in [-0.39, 0.29) is 0 Å². The zero-order chi connectivity index (χ0) is 20.0. The van der Waals surface area contributed by atoms with E-state index in [9.17, 15) is 4.57 Å². The van der Waals surface area contributed by atoms with Crippen LogP contribution >= 0.6 is 7.60 Å². The highest BCUT2D eigenvalue weighted by molar-refractivity contribution is 7.54. The van der Waals surface area contributed by atoms with Crippen LogP contribution < -0.4 is 5.32 Å². The van der Waals surface area contributed by atoms with Gasteiger partial charge in [-0.25, -0.2) is 0 Å². The van der Waals surface area contributed by atoms with Crippen LogP contribution in [0.4, 0.5) is 0 Å². The third-order valence-corrected chi connectivity index (χ3v) is 7.12. The lowest BCUT2D eigenvalue weighted by Crippen LogP contribution is -2.49. The minimum Gasteiger partial charge on any atom is -0.311 e. The van der Waals surface area contributed by atoms with Crippen molar-refractivity contribution in [2.24, 2.45) is 0 Å². The summed E-state index contributed by atoms with van der Waals surface area (Å²) in [6.07, 6.45) is 0. The molecule has 0 aromatic heterocycles. The summed E-state index contributed by atoms with van der Waals surface area (Å²) in [4.78, 5) is 0. The van der Waals surface area contributed by atoms with E-state index in [0.717, 1.165) is 16.7 Å². The van der Waals surface area contributed by atoms with E-state index < -0.39 is 18.9 Å². The molecular weight excluding hydrogens is 369 g/mol. The first-order valence-corrected chi connectivity index (χ1v) is 10.8. The third kappa shape index (κ3) is 3.82. The van der Waals surface area contributed by atoms with Crippen molar-refractivity contribution >= 4 is 7.60 Å². The fourth-order valence-corrected chi connectivity index (χ4v) is 4.73. The molecule has 146 valence electrons. The Labute approximate surface area is 167 Å². The van der Waals surface area contributed by atoms with Crippen molar-refractivity contribution in [2.45, 2.75) is 18.2 Å². The molecule has 3 rings (SSSR count). The molecule has 0 heterocycles. The molecule has 0 aliphatic carbocycles. The van der Waals surface area contributed by atoms with Crippen molar-refractivity contribution in [1.82, 2.24) is 5.32 Å². The lowest BCUT2D eigenvalue weighted by Gasteiger charge is -2.40. The van der Waals surface area contributed by atoms with E-state index in [1.165, 1.54) is 14.2 Å². The van der Waals surface area contributed by atoms with Gasteiger partial charge in [-0.1, -0.05) is 91.0 Å². The second-order valence-electron chi connectivity index (χ2n) is 6.57. The van der Waals surface area contributed by atoms with Gasteiger partial charge in [0.15, 0.2) is 0 Å². The highest BCUT2D eigenvalue weighted by atomic mass is 31.2. The van der Waals surface area contributed by atoms with Gasteiger partial charge < -0.3 is 9.05 Å². The average Bonchev–Trinajstić information content (AvgIpc) is 2.78. The predicted octanol–water partition coefficient (Wildman–Crippen LogP) is 5.40. The molecule has 0 radical (unpaired) electrons. The Morgan fingerprint density at radius 1 is 0.714 bits per heavy atom. The van der Waals surface area contributed by atoms with Crippen LogP contribution in [0, 0.1) is 0 Å². The monoisotopic (exact) mass is 395 g/mol. The third-order valence-electron chi connectivity index (χ3n) is 5.03. The highest BCUT2D eigenvalue weighted by Gasteiger charge is 2.42. The largest absolute Gasteiger partial charge is 0.346 e. The van der Waals surface area contributed by atoms with Crippen LogP contribution in [0.3, 0.4) is 0 Å². The van der Waals surface area contributed by atoms with E-state index in [4.69, 9.17) is 9.05 Å². The Balaban J connectivity index is 2.27. The minimum atomic E-state index is -3.34. The lowest BCUT2D eigenvalue weighted by molar-refractivity contribution is 0.254. The zero-order valence-electron chi connectivity index (χ0n) is 16.4. The van der Waals surface area contributed by atoms with E-state index >= 15 is 0 Å². The second kappa shape index (κ2) is 8.85. The minimum absolute atomic E-state index is 0.553. The maximum atomic E-state index is 13.1. The van der Waals surface area contributed by atoms with E-state index in [1.807, 2.05) is 61.5 Å². The van der Waals surface area contributed by atoms with Crippen molar-refractivity contribution in [3.05, 3.63) is 108 Å². The fraction of sp³-hybridized carbons (Fsp3) is 0.217. The molecule has 0 bridgehead atoms. The summed E-state index contributed by atoms with van der Waals surface area (Å²) in [5.41, 5.74) is 2.39. The summed E-state index contributed by atoms with van der Waals surface area (Å²) in [7, 11) is -0.512. The Kier molecular flexibility index (Phi) is 6.48. The van der Waals surface area contributed by atoms with Crippen molar-refractivity contribution in [2.75, 3.05) is 14.2 Å². The number of hydrogen-bond acceptors (Lipinski definition) is 4. The van der Waals surface area contributed by atoms with E-state index in [0.29, 0.717) is 0 Å². The maximum absolute atomic E-state index is 13.1. The summed E-state index contributed by atoms with van der Waals surface area (Å²) in [5, 5.41) is 3.61. The van der Waals surface area contributed by atoms with Crippen LogP contribution in [0.25, 0.3) is 0 Å². The van der Waals surface area contributed by atoms with Crippen LogP contribution in [0.2, 0.25) is 0 Å². The summed E-state index contributed by atoms with van der Waals surface area (Å²) in [5.74, 6) is -0.553. The SMILES string of the molecule is COP(=O)(OC)[C@@H](C)NC(c1ccccc1)(c1ccccc1)c1ccccc1. The Morgan fingerprint density at radius 2 is 1.04 bits per heavy atom. The van der Waals surface area contributed by atoms with Crippen LogP contribution in [-0.2, 0) is 19.2 Å². The number of benzene rings is 3. The molecule has 3 aromatic rings. The first kappa shape index (κ1) is 20.5. The molecule has 0 aliphatic rings. The topological polar surface area (TPSA) is 47.6 Å². The van der Waals surface area contributed by atoms with Gasteiger partial charge in [0.25, 0.3) is 0 Å². The average molecular weight is 395 g/mol. The molecule has 0 spiro atoms. The molecule has 0 saturated heterocycles. The summed E-state index contributed by atoms with van der Waals surface area (Å²) in [6, 6.07) is 30.5. The quantitative estimate of drug-likeness (QED) is 0.410. The number of nitrogens with one attached hydrogen (secondary N) is 1. The van der Waals surface area contributed by atoms with Gasteiger partial charge in [-0.2, -0.15) is 0 Å². The van der Waals surface area contributed by atoms with E-state index in [2.05, 4.69) is 41.7 Å². The molecule has 28 heavy (non-hydrogen) atoms. The Bertz CT molecular complexity index is 812. The van der Waals surface area contributed by atoms with Gasteiger partial charge in [0.05, 0.1) is 5.54 Å².